The van der Waals surface area contributed by atoms with E-state index in [4.69, 9.17) is 16.3 Å². The topological polar surface area (TPSA) is 70.7 Å². The predicted octanol–water partition coefficient (Wildman–Crippen LogP) is 3.44. The average Bonchev–Trinajstić information content (AvgIpc) is 2.70. The minimum absolute atomic E-state index is 0.207. The Morgan fingerprint density at radius 1 is 1.14 bits per heavy atom. The third-order valence-corrected chi connectivity index (χ3v) is 4.57. The number of hydrogen-bond acceptors (Lipinski definition) is 4. The van der Waals surface area contributed by atoms with Crippen LogP contribution in [0.3, 0.4) is 0 Å². The van der Waals surface area contributed by atoms with E-state index < -0.39 is 5.38 Å². The van der Waals surface area contributed by atoms with Crippen molar-refractivity contribution in [2.75, 3.05) is 44.6 Å². The van der Waals surface area contributed by atoms with Gasteiger partial charge >= 0.3 is 0 Å². The highest BCUT2D eigenvalue weighted by Crippen LogP contribution is 2.26. The second-order valence-electron chi connectivity index (χ2n) is 6.49. The van der Waals surface area contributed by atoms with Crippen LogP contribution in [0.1, 0.15) is 27.7 Å². The van der Waals surface area contributed by atoms with Gasteiger partial charge < -0.3 is 20.3 Å². The molecule has 1 unspecified atom stereocenters. The maximum absolute atomic E-state index is 12.6. The highest BCUT2D eigenvalue weighted by atomic mass is 35.5. The molecule has 2 rings (SSSR count). The molecule has 0 saturated heterocycles. The normalized spacial score (nSPS) is 11.6. The summed E-state index contributed by atoms with van der Waals surface area (Å²) in [6, 6.07) is 14.3. The Kier molecular flexibility index (Phi) is 8.29. The van der Waals surface area contributed by atoms with Gasteiger partial charge in [0.25, 0.3) is 5.91 Å². The molecule has 7 heteroatoms. The standard InChI is InChI=1S/C21H26ClN3O3/c1-25(2)18-11-10-16(14-17(18)20(26)23-12-7-13-28-3)24-21(27)19(22)15-8-5-4-6-9-15/h4-6,8-11,14,19H,7,12-13H2,1-3H3,(H,23,26)(H,24,27). The van der Waals surface area contributed by atoms with Gasteiger partial charge in [-0.15, -0.1) is 11.6 Å². The summed E-state index contributed by atoms with van der Waals surface area (Å²) in [5, 5.41) is 4.84. The fourth-order valence-corrected chi connectivity index (χ4v) is 2.88. The van der Waals surface area contributed by atoms with E-state index in [1.165, 1.54) is 0 Å². The number of nitrogens with one attached hydrogen (secondary N) is 2. The number of methoxy groups -OCH3 is 1. The molecule has 0 spiro atoms. The SMILES string of the molecule is COCCCNC(=O)c1cc(NC(=O)C(Cl)c2ccccc2)ccc1N(C)C. The van der Waals surface area contributed by atoms with Crippen molar-refractivity contribution in [2.45, 2.75) is 11.8 Å². The molecule has 1 atom stereocenters. The van der Waals surface area contributed by atoms with Crippen molar-refractivity contribution in [3.63, 3.8) is 0 Å². The van der Waals surface area contributed by atoms with Crippen molar-refractivity contribution >= 4 is 34.8 Å². The molecule has 0 aliphatic rings. The first-order valence-electron chi connectivity index (χ1n) is 9.02. The molecule has 0 aliphatic heterocycles. The van der Waals surface area contributed by atoms with Crippen LogP contribution in [-0.4, -0.2) is 46.2 Å². The molecule has 2 amide bonds. The van der Waals surface area contributed by atoms with Crippen molar-refractivity contribution in [1.82, 2.24) is 5.32 Å². The van der Waals surface area contributed by atoms with Crippen molar-refractivity contribution in [3.05, 3.63) is 59.7 Å². The lowest BCUT2D eigenvalue weighted by Gasteiger charge is -2.19. The summed E-state index contributed by atoms with van der Waals surface area (Å²) >= 11 is 6.28. The Bertz CT molecular complexity index is 797. The molecular formula is C21H26ClN3O3. The van der Waals surface area contributed by atoms with Crippen LogP contribution >= 0.6 is 11.6 Å². The van der Waals surface area contributed by atoms with Gasteiger partial charge in [0.05, 0.1) is 5.56 Å². The molecule has 0 radical (unpaired) electrons. The zero-order chi connectivity index (χ0) is 20.5. The molecule has 0 bridgehead atoms. The molecule has 0 heterocycles. The molecule has 28 heavy (non-hydrogen) atoms. The van der Waals surface area contributed by atoms with E-state index in [-0.39, 0.29) is 11.8 Å². The van der Waals surface area contributed by atoms with Gasteiger partial charge in [-0.1, -0.05) is 30.3 Å². The summed E-state index contributed by atoms with van der Waals surface area (Å²) in [6.45, 7) is 1.08. The first-order valence-corrected chi connectivity index (χ1v) is 9.46. The quantitative estimate of drug-likeness (QED) is 0.497. The van der Waals surface area contributed by atoms with Crippen molar-refractivity contribution in [3.8, 4) is 0 Å². The molecule has 0 saturated carbocycles. The van der Waals surface area contributed by atoms with Gasteiger partial charge in [0.15, 0.2) is 0 Å². The third kappa shape index (κ3) is 5.97. The highest BCUT2D eigenvalue weighted by Gasteiger charge is 2.19. The van der Waals surface area contributed by atoms with E-state index in [0.717, 1.165) is 12.1 Å². The predicted molar refractivity (Wildman–Crippen MR) is 113 cm³/mol. The van der Waals surface area contributed by atoms with Crippen LogP contribution < -0.4 is 15.5 Å². The van der Waals surface area contributed by atoms with Gasteiger partial charge in [0.1, 0.15) is 5.38 Å². The number of ether oxygens (including phenoxy) is 1. The minimum atomic E-state index is -0.818. The molecule has 0 fully saturated rings. The molecule has 2 aromatic carbocycles. The zero-order valence-corrected chi connectivity index (χ0v) is 17.1. The lowest BCUT2D eigenvalue weighted by molar-refractivity contribution is -0.116. The van der Waals surface area contributed by atoms with Gasteiger partial charge in [-0.05, 0) is 30.2 Å². The molecule has 6 nitrogen and oxygen atoms in total. The fraction of sp³-hybridized carbons (Fsp3) is 0.333. The largest absolute Gasteiger partial charge is 0.385 e. The number of carbonyl (C=O) groups is 2. The van der Waals surface area contributed by atoms with E-state index in [1.807, 2.05) is 37.2 Å². The van der Waals surface area contributed by atoms with Crippen molar-refractivity contribution in [2.24, 2.45) is 0 Å². The van der Waals surface area contributed by atoms with Crippen LogP contribution in [0.25, 0.3) is 0 Å². The number of carbonyl (C=O) groups excluding carboxylic acids is 2. The monoisotopic (exact) mass is 403 g/mol. The van der Waals surface area contributed by atoms with Gasteiger partial charge in [-0.25, -0.2) is 0 Å². The van der Waals surface area contributed by atoms with Gasteiger partial charge in [0.2, 0.25) is 5.91 Å². The lowest BCUT2D eigenvalue weighted by atomic mass is 10.1. The summed E-state index contributed by atoms with van der Waals surface area (Å²) in [5.74, 6) is -0.557. The summed E-state index contributed by atoms with van der Waals surface area (Å²) in [4.78, 5) is 26.9. The zero-order valence-electron chi connectivity index (χ0n) is 16.4. The Balaban J connectivity index is 2.14. The molecule has 2 aromatic rings. The summed E-state index contributed by atoms with van der Waals surface area (Å²) in [5.41, 5.74) is 2.46. The summed E-state index contributed by atoms with van der Waals surface area (Å²) < 4.78 is 4.99. The van der Waals surface area contributed by atoms with E-state index in [2.05, 4.69) is 10.6 Å². The van der Waals surface area contributed by atoms with Crippen LogP contribution in [0.4, 0.5) is 11.4 Å². The Morgan fingerprint density at radius 3 is 2.50 bits per heavy atom. The number of amides is 2. The number of alkyl halides is 1. The smallest absolute Gasteiger partial charge is 0.253 e. The Morgan fingerprint density at radius 2 is 1.86 bits per heavy atom. The molecule has 150 valence electrons. The average molecular weight is 404 g/mol. The molecule has 0 aromatic heterocycles. The highest BCUT2D eigenvalue weighted by molar-refractivity contribution is 6.32. The van der Waals surface area contributed by atoms with Crippen molar-refractivity contribution in [1.29, 1.82) is 0 Å². The maximum atomic E-state index is 12.6. The van der Waals surface area contributed by atoms with Crippen LogP contribution in [0.15, 0.2) is 48.5 Å². The summed E-state index contributed by atoms with van der Waals surface area (Å²) in [7, 11) is 5.34. The number of rotatable bonds is 9. The lowest BCUT2D eigenvalue weighted by Crippen LogP contribution is -2.27. The van der Waals surface area contributed by atoms with Crippen LogP contribution in [0, 0.1) is 0 Å². The van der Waals surface area contributed by atoms with E-state index >= 15 is 0 Å². The number of nitrogens with zero attached hydrogens (tertiary/aromatic N) is 1. The second-order valence-corrected chi connectivity index (χ2v) is 6.93. The number of anilines is 2. The first kappa shape index (κ1) is 21.7. The molecule has 0 aliphatic carbocycles. The first-order chi connectivity index (χ1) is 13.4. The number of benzene rings is 2. The summed E-state index contributed by atoms with van der Waals surface area (Å²) in [6.07, 6.45) is 0.723. The van der Waals surface area contributed by atoms with Crippen LogP contribution in [0.5, 0.6) is 0 Å². The Labute approximate surface area is 170 Å². The second kappa shape index (κ2) is 10.7. The van der Waals surface area contributed by atoms with E-state index in [1.54, 1.807) is 37.4 Å². The number of halogens is 1. The fourth-order valence-electron chi connectivity index (χ4n) is 2.68. The maximum Gasteiger partial charge on any atom is 0.253 e. The number of hydrogen-bond donors (Lipinski definition) is 2. The van der Waals surface area contributed by atoms with Gasteiger partial charge in [-0.2, -0.15) is 0 Å². The van der Waals surface area contributed by atoms with E-state index in [9.17, 15) is 9.59 Å². The van der Waals surface area contributed by atoms with Gasteiger partial charge in [0, 0.05) is 45.7 Å². The van der Waals surface area contributed by atoms with Crippen molar-refractivity contribution < 1.29 is 14.3 Å². The minimum Gasteiger partial charge on any atom is -0.385 e. The molecular weight excluding hydrogens is 378 g/mol. The van der Waals surface area contributed by atoms with E-state index in [0.29, 0.717) is 30.0 Å². The van der Waals surface area contributed by atoms with Gasteiger partial charge in [-0.3, -0.25) is 9.59 Å². The molecule has 2 N–H and O–H groups in total. The third-order valence-electron chi connectivity index (χ3n) is 4.12. The van der Waals surface area contributed by atoms with Crippen LogP contribution in [-0.2, 0) is 9.53 Å². The van der Waals surface area contributed by atoms with Crippen LogP contribution in [0.2, 0.25) is 0 Å². The Hall–Kier alpha value is -2.57.